The van der Waals surface area contributed by atoms with E-state index in [2.05, 4.69) is 52.3 Å². The summed E-state index contributed by atoms with van der Waals surface area (Å²) in [6.45, 7) is 10.5. The van der Waals surface area contributed by atoms with Gasteiger partial charge in [-0.05, 0) is 35.6 Å². The highest BCUT2D eigenvalue weighted by atomic mass is 127. The molecule has 0 spiro atoms. The second-order valence-electron chi connectivity index (χ2n) is 7.16. The Hall–Kier alpha value is -0.423. The molecular formula is C16H25ClIN3O3Si. The molecule has 0 unspecified atom stereocenters. The Morgan fingerprint density at radius 2 is 2.08 bits per heavy atom. The third kappa shape index (κ3) is 6.06. The van der Waals surface area contributed by atoms with Gasteiger partial charge in [-0.25, -0.2) is 9.67 Å². The minimum Gasteiger partial charge on any atom is -0.486 e. The van der Waals surface area contributed by atoms with Gasteiger partial charge in [0.2, 0.25) is 0 Å². The van der Waals surface area contributed by atoms with Crippen molar-refractivity contribution in [2.75, 3.05) is 20.3 Å². The predicted molar refractivity (Wildman–Crippen MR) is 111 cm³/mol. The molecule has 0 saturated heterocycles. The number of hydrogen-bond acceptors (Lipinski definition) is 5. The lowest BCUT2D eigenvalue weighted by Gasteiger charge is -2.17. The topological polar surface area (TPSA) is 58.4 Å². The lowest BCUT2D eigenvalue weighted by molar-refractivity contribution is 0.0786. The van der Waals surface area contributed by atoms with Gasteiger partial charge in [0.05, 0.1) is 6.61 Å². The molecule has 0 aromatic carbocycles. The van der Waals surface area contributed by atoms with Crippen LogP contribution in [0.25, 0.3) is 11.0 Å². The quantitative estimate of drug-likeness (QED) is 0.222. The smallest absolute Gasteiger partial charge is 0.150 e. The van der Waals surface area contributed by atoms with Crippen LogP contribution in [0.5, 0.6) is 5.75 Å². The molecule has 0 fully saturated rings. The summed E-state index contributed by atoms with van der Waals surface area (Å²) >= 11 is 8.31. The van der Waals surface area contributed by atoms with Crippen molar-refractivity contribution in [2.24, 2.45) is 0 Å². The highest BCUT2D eigenvalue weighted by Gasteiger charge is 2.19. The first-order valence-corrected chi connectivity index (χ1v) is 13.3. The second kappa shape index (κ2) is 8.98. The van der Waals surface area contributed by atoms with Gasteiger partial charge in [0, 0.05) is 27.9 Å². The molecule has 0 radical (unpaired) electrons. The Morgan fingerprint density at radius 1 is 1.36 bits per heavy atom. The predicted octanol–water partition coefficient (Wildman–Crippen LogP) is 4.42. The van der Waals surface area contributed by atoms with Crippen molar-refractivity contribution in [1.29, 1.82) is 0 Å². The number of rotatable bonds is 9. The van der Waals surface area contributed by atoms with E-state index >= 15 is 0 Å². The summed E-state index contributed by atoms with van der Waals surface area (Å²) < 4.78 is 19.6. The van der Waals surface area contributed by atoms with E-state index in [1.165, 1.54) is 0 Å². The summed E-state index contributed by atoms with van der Waals surface area (Å²) in [7, 11) is 0.530. The molecule has 2 aromatic heterocycles. The van der Waals surface area contributed by atoms with Crippen molar-refractivity contribution >= 4 is 53.3 Å². The number of ether oxygens (including phenoxy) is 3. The highest BCUT2D eigenvalue weighted by molar-refractivity contribution is 14.1. The Morgan fingerprint density at radius 3 is 2.72 bits per heavy atom. The normalized spacial score (nSPS) is 13.4. The molecule has 1 atom stereocenters. The minimum atomic E-state index is -1.12. The minimum absolute atomic E-state index is 0.111. The Labute approximate surface area is 168 Å². The summed E-state index contributed by atoms with van der Waals surface area (Å²) in [5.41, 5.74) is 1.52. The second-order valence-corrected chi connectivity index (χ2v) is 14.2. The fraction of sp³-hybridized carbons (Fsp3) is 0.625. The van der Waals surface area contributed by atoms with Crippen LogP contribution in [0, 0.1) is 3.70 Å². The number of halogens is 2. The highest BCUT2D eigenvalue weighted by Crippen LogP contribution is 2.31. The Kier molecular flexibility index (Phi) is 7.50. The summed E-state index contributed by atoms with van der Waals surface area (Å²) in [6, 6.07) is 2.83. The standard InChI is InChI=1S/C16H25ClIN3O3Si/c1-11(9-22-2)24-12-8-13(17)19-14-15(12)21(20-16(14)18)10-23-6-7-25(3,4)5/h8,11H,6-7,9-10H2,1-5H3/t11-/m0/s1. The van der Waals surface area contributed by atoms with Gasteiger partial charge in [-0.15, -0.1) is 0 Å². The van der Waals surface area contributed by atoms with Gasteiger partial charge in [0.1, 0.15) is 32.7 Å². The molecular weight excluding hydrogens is 473 g/mol. The van der Waals surface area contributed by atoms with Gasteiger partial charge in [0.15, 0.2) is 5.75 Å². The third-order valence-corrected chi connectivity index (χ3v) is 6.15. The van der Waals surface area contributed by atoms with Gasteiger partial charge in [0.25, 0.3) is 0 Å². The fourth-order valence-corrected chi connectivity index (χ4v) is 3.86. The van der Waals surface area contributed by atoms with Gasteiger partial charge in [-0.3, -0.25) is 0 Å². The van der Waals surface area contributed by atoms with Crippen LogP contribution in [0.4, 0.5) is 0 Å². The largest absolute Gasteiger partial charge is 0.486 e. The summed E-state index contributed by atoms with van der Waals surface area (Å²) in [5, 5.41) is 4.91. The van der Waals surface area contributed by atoms with Crippen molar-refractivity contribution in [1.82, 2.24) is 14.8 Å². The van der Waals surface area contributed by atoms with E-state index in [-0.39, 0.29) is 6.10 Å². The van der Waals surface area contributed by atoms with E-state index in [1.54, 1.807) is 17.9 Å². The lowest BCUT2D eigenvalue weighted by atomic mass is 10.3. The summed E-state index contributed by atoms with van der Waals surface area (Å²) in [5.74, 6) is 0.642. The molecule has 0 saturated carbocycles. The van der Waals surface area contributed by atoms with E-state index in [1.807, 2.05) is 6.92 Å². The number of aromatic nitrogens is 3. The van der Waals surface area contributed by atoms with E-state index in [0.29, 0.717) is 24.2 Å². The molecule has 9 heteroatoms. The third-order valence-electron chi connectivity index (χ3n) is 3.53. The molecule has 0 aliphatic rings. The van der Waals surface area contributed by atoms with Gasteiger partial charge in [-0.2, -0.15) is 5.10 Å². The Balaban J connectivity index is 2.24. The molecule has 0 aliphatic heterocycles. The molecule has 2 aromatic rings. The number of methoxy groups -OCH3 is 1. The molecule has 0 amide bonds. The molecule has 6 nitrogen and oxygen atoms in total. The molecule has 0 bridgehead atoms. The maximum atomic E-state index is 6.15. The van der Waals surface area contributed by atoms with Crippen molar-refractivity contribution in [2.45, 2.75) is 45.4 Å². The van der Waals surface area contributed by atoms with E-state index in [9.17, 15) is 0 Å². The van der Waals surface area contributed by atoms with Gasteiger partial charge in [-0.1, -0.05) is 31.2 Å². The van der Waals surface area contributed by atoms with Crippen LogP contribution in [0.15, 0.2) is 6.07 Å². The van der Waals surface area contributed by atoms with Crippen LogP contribution >= 0.6 is 34.2 Å². The van der Waals surface area contributed by atoms with E-state index in [0.717, 1.165) is 27.4 Å². The fourth-order valence-electron chi connectivity index (χ4n) is 2.28. The molecule has 140 valence electrons. The zero-order valence-electron chi connectivity index (χ0n) is 15.3. The summed E-state index contributed by atoms with van der Waals surface area (Å²) in [4.78, 5) is 4.39. The van der Waals surface area contributed by atoms with Crippen molar-refractivity contribution in [3.05, 3.63) is 14.9 Å². The first-order valence-electron chi connectivity index (χ1n) is 8.17. The maximum Gasteiger partial charge on any atom is 0.150 e. The van der Waals surface area contributed by atoms with E-state index < -0.39 is 8.07 Å². The molecule has 2 rings (SSSR count). The van der Waals surface area contributed by atoms with Crippen LogP contribution in [0.1, 0.15) is 6.92 Å². The van der Waals surface area contributed by atoms with Crippen LogP contribution in [0.2, 0.25) is 30.8 Å². The molecule has 0 aliphatic carbocycles. The average Bonchev–Trinajstić information content (AvgIpc) is 2.79. The van der Waals surface area contributed by atoms with Crippen LogP contribution < -0.4 is 4.74 Å². The van der Waals surface area contributed by atoms with Crippen LogP contribution in [-0.2, 0) is 16.2 Å². The number of pyridine rings is 1. The first-order chi connectivity index (χ1) is 11.7. The number of nitrogens with zero attached hydrogens (tertiary/aromatic N) is 3. The van der Waals surface area contributed by atoms with Crippen molar-refractivity contribution in [3.63, 3.8) is 0 Å². The number of fused-ring (bicyclic) bond motifs is 1. The first kappa shape index (κ1) is 20.9. The molecule has 0 N–H and O–H groups in total. The van der Waals surface area contributed by atoms with E-state index in [4.69, 9.17) is 25.8 Å². The SMILES string of the molecule is COC[C@H](C)Oc1cc(Cl)nc2c(I)nn(COCC[Si](C)(C)C)c12. The Bertz CT molecular complexity index is 721. The van der Waals surface area contributed by atoms with Crippen LogP contribution in [0.3, 0.4) is 0 Å². The monoisotopic (exact) mass is 497 g/mol. The van der Waals surface area contributed by atoms with Crippen molar-refractivity contribution in [3.8, 4) is 5.75 Å². The van der Waals surface area contributed by atoms with Gasteiger partial charge < -0.3 is 14.2 Å². The zero-order valence-corrected chi connectivity index (χ0v) is 19.2. The van der Waals surface area contributed by atoms with Crippen LogP contribution in [-0.4, -0.2) is 49.3 Å². The molecule has 2 heterocycles. The number of hydrogen-bond donors (Lipinski definition) is 0. The lowest BCUT2D eigenvalue weighted by Crippen LogP contribution is -2.22. The maximum absolute atomic E-state index is 6.15. The zero-order chi connectivity index (χ0) is 18.6. The van der Waals surface area contributed by atoms with Gasteiger partial charge >= 0.3 is 0 Å². The summed E-state index contributed by atoms with van der Waals surface area (Å²) in [6.07, 6.45) is -0.111. The molecule has 25 heavy (non-hydrogen) atoms. The average molecular weight is 498 g/mol. The van der Waals surface area contributed by atoms with Crippen molar-refractivity contribution < 1.29 is 14.2 Å².